The summed E-state index contributed by atoms with van der Waals surface area (Å²) in [5.41, 5.74) is 1.02. The summed E-state index contributed by atoms with van der Waals surface area (Å²) in [5, 5.41) is 0. The van der Waals surface area contributed by atoms with E-state index in [1.54, 1.807) is 49.3 Å². The molecule has 0 saturated carbocycles. The van der Waals surface area contributed by atoms with Gasteiger partial charge >= 0.3 is 0 Å². The second-order valence-corrected chi connectivity index (χ2v) is 9.16. The van der Waals surface area contributed by atoms with Gasteiger partial charge in [0.05, 0.1) is 16.2 Å². The molecule has 2 aromatic rings. The van der Waals surface area contributed by atoms with Crippen LogP contribution in [0.2, 0.25) is 0 Å². The fourth-order valence-corrected chi connectivity index (χ4v) is 4.75. The van der Waals surface area contributed by atoms with E-state index in [2.05, 4.69) is 9.97 Å². The zero-order valence-corrected chi connectivity index (χ0v) is 17.3. The summed E-state index contributed by atoms with van der Waals surface area (Å²) >= 11 is 0. The maximum atomic E-state index is 12.9. The summed E-state index contributed by atoms with van der Waals surface area (Å²) in [7, 11) is 3.43. The molecule has 1 aromatic heterocycles. The summed E-state index contributed by atoms with van der Waals surface area (Å²) in [6.45, 7) is 0.674. The molecule has 28 heavy (non-hydrogen) atoms. The van der Waals surface area contributed by atoms with Crippen molar-refractivity contribution in [2.75, 3.05) is 46.2 Å². The highest BCUT2D eigenvalue weighted by Crippen LogP contribution is 2.32. The lowest BCUT2D eigenvalue weighted by atomic mass is 9.99. The van der Waals surface area contributed by atoms with Crippen LogP contribution in [0.25, 0.3) is 0 Å². The third-order valence-electron chi connectivity index (χ3n) is 4.76. The summed E-state index contributed by atoms with van der Waals surface area (Å²) in [5.74, 6) is 0.137. The van der Waals surface area contributed by atoms with Gasteiger partial charge in [-0.05, 0) is 18.6 Å². The molecule has 1 amide bonds. The van der Waals surface area contributed by atoms with Crippen LogP contribution < -0.4 is 4.90 Å². The van der Waals surface area contributed by atoms with Gasteiger partial charge in [0.15, 0.2) is 0 Å². The Labute approximate surface area is 165 Å². The SMILES string of the molecule is CN(C)C(=O)c1cnc(N(C)C)nc1C1CCN(S(=O)(=O)c2ccccc2)C1. The van der Waals surface area contributed by atoms with E-state index in [1.165, 1.54) is 15.4 Å². The van der Waals surface area contributed by atoms with E-state index in [1.807, 2.05) is 14.1 Å². The molecule has 1 aromatic carbocycles. The van der Waals surface area contributed by atoms with Gasteiger partial charge in [0, 0.05) is 53.4 Å². The van der Waals surface area contributed by atoms with Gasteiger partial charge in [-0.15, -0.1) is 0 Å². The molecule has 1 aliphatic rings. The minimum atomic E-state index is -3.57. The lowest BCUT2D eigenvalue weighted by Crippen LogP contribution is -2.29. The molecule has 2 heterocycles. The van der Waals surface area contributed by atoms with Crippen LogP contribution in [-0.4, -0.2) is 74.8 Å². The van der Waals surface area contributed by atoms with Gasteiger partial charge in [-0.3, -0.25) is 4.79 Å². The molecule has 1 saturated heterocycles. The number of carbonyl (C=O) groups is 1. The number of carbonyl (C=O) groups excluding carboxylic acids is 1. The second-order valence-electron chi connectivity index (χ2n) is 7.22. The van der Waals surface area contributed by atoms with Crippen molar-refractivity contribution < 1.29 is 13.2 Å². The molecule has 150 valence electrons. The van der Waals surface area contributed by atoms with Gasteiger partial charge in [-0.1, -0.05) is 18.2 Å². The number of amides is 1. The van der Waals surface area contributed by atoms with E-state index in [4.69, 9.17) is 0 Å². The minimum Gasteiger partial charge on any atom is -0.347 e. The summed E-state index contributed by atoms with van der Waals surface area (Å²) in [6, 6.07) is 8.40. The van der Waals surface area contributed by atoms with Crippen molar-refractivity contribution in [1.82, 2.24) is 19.2 Å². The Morgan fingerprint density at radius 1 is 1.14 bits per heavy atom. The van der Waals surface area contributed by atoms with E-state index in [0.717, 1.165) is 0 Å². The van der Waals surface area contributed by atoms with Gasteiger partial charge < -0.3 is 9.80 Å². The van der Waals surface area contributed by atoms with Crippen molar-refractivity contribution in [3.8, 4) is 0 Å². The maximum Gasteiger partial charge on any atom is 0.256 e. The highest BCUT2D eigenvalue weighted by atomic mass is 32.2. The average molecular weight is 404 g/mol. The third kappa shape index (κ3) is 3.85. The molecule has 0 spiro atoms. The molecule has 1 aliphatic heterocycles. The van der Waals surface area contributed by atoms with Gasteiger partial charge in [0.1, 0.15) is 0 Å². The molecule has 9 heteroatoms. The van der Waals surface area contributed by atoms with Gasteiger partial charge in [0.25, 0.3) is 5.91 Å². The van der Waals surface area contributed by atoms with Crippen molar-refractivity contribution in [2.24, 2.45) is 0 Å². The van der Waals surface area contributed by atoms with E-state index in [0.29, 0.717) is 30.2 Å². The highest BCUT2D eigenvalue weighted by Gasteiger charge is 2.36. The van der Waals surface area contributed by atoms with Crippen molar-refractivity contribution in [3.63, 3.8) is 0 Å². The van der Waals surface area contributed by atoms with E-state index in [-0.39, 0.29) is 23.3 Å². The molecule has 1 atom stereocenters. The second kappa shape index (κ2) is 7.84. The topological polar surface area (TPSA) is 86.7 Å². The molecular weight excluding hydrogens is 378 g/mol. The smallest absolute Gasteiger partial charge is 0.256 e. The molecule has 0 aliphatic carbocycles. The molecule has 1 fully saturated rings. The van der Waals surface area contributed by atoms with Crippen LogP contribution in [0.1, 0.15) is 28.4 Å². The quantitative estimate of drug-likeness (QED) is 0.751. The lowest BCUT2D eigenvalue weighted by Gasteiger charge is -2.20. The Hall–Kier alpha value is -2.52. The number of benzene rings is 1. The minimum absolute atomic E-state index is 0.168. The van der Waals surface area contributed by atoms with E-state index >= 15 is 0 Å². The number of hydrogen-bond donors (Lipinski definition) is 0. The summed E-state index contributed by atoms with van der Waals surface area (Å²) in [4.78, 5) is 25.0. The van der Waals surface area contributed by atoms with Gasteiger partial charge in [-0.25, -0.2) is 18.4 Å². The Bertz CT molecular complexity index is 961. The Kier molecular flexibility index (Phi) is 5.66. The molecule has 3 rings (SSSR count). The Balaban J connectivity index is 1.94. The highest BCUT2D eigenvalue weighted by molar-refractivity contribution is 7.89. The summed E-state index contributed by atoms with van der Waals surface area (Å²) < 4.78 is 27.3. The molecule has 1 unspecified atom stereocenters. The Morgan fingerprint density at radius 2 is 1.82 bits per heavy atom. The fourth-order valence-electron chi connectivity index (χ4n) is 3.23. The number of sulfonamides is 1. The average Bonchev–Trinajstić information content (AvgIpc) is 3.18. The van der Waals surface area contributed by atoms with Crippen LogP contribution in [0, 0.1) is 0 Å². The molecule has 0 radical (unpaired) electrons. The molecule has 0 bridgehead atoms. The van der Waals surface area contributed by atoms with Crippen LogP contribution in [0.3, 0.4) is 0 Å². The van der Waals surface area contributed by atoms with Crippen molar-refractivity contribution in [3.05, 3.63) is 47.8 Å². The first-order valence-corrected chi connectivity index (χ1v) is 10.5. The number of rotatable bonds is 5. The van der Waals surface area contributed by atoms with Crippen LogP contribution in [-0.2, 0) is 10.0 Å². The first-order chi connectivity index (χ1) is 13.2. The maximum absolute atomic E-state index is 12.9. The van der Waals surface area contributed by atoms with Crippen LogP contribution in [0.15, 0.2) is 41.4 Å². The van der Waals surface area contributed by atoms with E-state index < -0.39 is 10.0 Å². The molecule has 8 nitrogen and oxygen atoms in total. The van der Waals surface area contributed by atoms with Crippen LogP contribution in [0.4, 0.5) is 5.95 Å². The zero-order valence-electron chi connectivity index (χ0n) is 16.5. The predicted octanol–water partition coefficient (Wildman–Crippen LogP) is 1.42. The summed E-state index contributed by atoms with van der Waals surface area (Å²) in [6.07, 6.45) is 2.14. The van der Waals surface area contributed by atoms with Crippen molar-refractivity contribution >= 4 is 21.9 Å². The van der Waals surface area contributed by atoms with E-state index in [9.17, 15) is 13.2 Å². The van der Waals surface area contributed by atoms with Crippen LogP contribution in [0.5, 0.6) is 0 Å². The molecular formula is C19H25N5O3S. The first-order valence-electron chi connectivity index (χ1n) is 9.03. The Morgan fingerprint density at radius 3 is 2.43 bits per heavy atom. The zero-order chi connectivity index (χ0) is 20.5. The normalized spacial score (nSPS) is 17.5. The van der Waals surface area contributed by atoms with Crippen LogP contribution >= 0.6 is 0 Å². The van der Waals surface area contributed by atoms with Gasteiger partial charge in [-0.2, -0.15) is 4.31 Å². The third-order valence-corrected chi connectivity index (χ3v) is 6.64. The number of hydrogen-bond acceptors (Lipinski definition) is 6. The standard InChI is InChI=1S/C19H25N5O3S/c1-22(2)18(25)16-12-20-19(23(3)4)21-17(16)14-10-11-24(13-14)28(26,27)15-8-6-5-7-9-15/h5-9,12,14H,10-11,13H2,1-4H3. The predicted molar refractivity (Wildman–Crippen MR) is 107 cm³/mol. The first kappa shape index (κ1) is 20.2. The lowest BCUT2D eigenvalue weighted by molar-refractivity contribution is 0.0825. The number of nitrogens with zero attached hydrogens (tertiary/aromatic N) is 5. The fraction of sp³-hybridized carbons (Fsp3) is 0.421. The van der Waals surface area contributed by atoms with Gasteiger partial charge in [0.2, 0.25) is 16.0 Å². The molecule has 0 N–H and O–H groups in total. The largest absolute Gasteiger partial charge is 0.347 e. The van der Waals surface area contributed by atoms with Crippen molar-refractivity contribution in [2.45, 2.75) is 17.2 Å². The monoisotopic (exact) mass is 403 g/mol. The number of anilines is 1. The number of aromatic nitrogens is 2. The van der Waals surface area contributed by atoms with Crippen molar-refractivity contribution in [1.29, 1.82) is 0 Å².